The summed E-state index contributed by atoms with van der Waals surface area (Å²) >= 11 is 0. The van der Waals surface area contributed by atoms with Crippen molar-refractivity contribution >= 4 is 0 Å². The molecule has 0 saturated carbocycles. The van der Waals surface area contributed by atoms with Gasteiger partial charge in [0.2, 0.25) is 0 Å². The third kappa shape index (κ3) is 5.11. The molecule has 0 bridgehead atoms. The molecule has 1 heterocycles. The Labute approximate surface area is 170 Å². The molecule has 1 fully saturated rings. The van der Waals surface area contributed by atoms with E-state index in [1.165, 1.54) is 0 Å². The van der Waals surface area contributed by atoms with Crippen molar-refractivity contribution in [1.29, 1.82) is 0 Å². The van der Waals surface area contributed by atoms with Gasteiger partial charge in [0.1, 0.15) is 5.75 Å². The topological polar surface area (TPSA) is 38.5 Å². The molecule has 1 atom stereocenters. The van der Waals surface area contributed by atoms with Gasteiger partial charge in [-0.25, -0.2) is 5.01 Å². The fraction of sp³-hybridized carbons (Fsp3) is 0.478. The van der Waals surface area contributed by atoms with Crippen LogP contribution in [-0.2, 0) is 12.0 Å². The van der Waals surface area contributed by atoms with Crippen LogP contribution in [0.5, 0.6) is 5.75 Å². The van der Waals surface area contributed by atoms with Crippen molar-refractivity contribution < 1.29 is 17.9 Å². The summed E-state index contributed by atoms with van der Waals surface area (Å²) in [5, 5.41) is 1.86. The van der Waals surface area contributed by atoms with Gasteiger partial charge in [0.25, 0.3) is 0 Å². The van der Waals surface area contributed by atoms with Crippen LogP contribution in [0.4, 0.5) is 13.2 Å². The second kappa shape index (κ2) is 8.76. The maximum absolute atomic E-state index is 12.8. The van der Waals surface area contributed by atoms with Gasteiger partial charge in [-0.15, -0.1) is 0 Å². The zero-order valence-electron chi connectivity index (χ0n) is 17.0. The van der Waals surface area contributed by atoms with Gasteiger partial charge in [0.05, 0.1) is 5.54 Å². The Balaban J connectivity index is 2.03. The Morgan fingerprint density at radius 1 is 1.10 bits per heavy atom. The van der Waals surface area contributed by atoms with E-state index in [0.717, 1.165) is 42.5 Å². The lowest BCUT2D eigenvalue weighted by Gasteiger charge is -2.45. The molecule has 1 aliphatic rings. The van der Waals surface area contributed by atoms with Crippen LogP contribution in [-0.4, -0.2) is 24.3 Å². The van der Waals surface area contributed by atoms with Crippen molar-refractivity contribution in [2.75, 3.05) is 13.2 Å². The van der Waals surface area contributed by atoms with E-state index in [0.29, 0.717) is 6.42 Å². The van der Waals surface area contributed by atoms with Crippen molar-refractivity contribution in [2.24, 2.45) is 5.84 Å². The highest BCUT2D eigenvalue weighted by atomic mass is 19.4. The SMILES string of the molecule is CC(C)c1ccc(OCC(F)(F)F)c(CC2(c3ccccc3)CCCCN2N)c1. The lowest BCUT2D eigenvalue weighted by atomic mass is 9.76. The monoisotopic (exact) mass is 406 g/mol. The van der Waals surface area contributed by atoms with Crippen LogP contribution in [0.15, 0.2) is 48.5 Å². The first-order valence-corrected chi connectivity index (χ1v) is 10.1. The summed E-state index contributed by atoms with van der Waals surface area (Å²) in [6.45, 7) is 3.58. The number of hydrazine groups is 1. The molecule has 1 aliphatic heterocycles. The molecule has 29 heavy (non-hydrogen) atoms. The van der Waals surface area contributed by atoms with Crippen LogP contribution < -0.4 is 10.6 Å². The van der Waals surface area contributed by atoms with E-state index in [9.17, 15) is 13.2 Å². The Hall–Kier alpha value is -2.05. The number of nitrogens with zero attached hydrogens (tertiary/aromatic N) is 1. The van der Waals surface area contributed by atoms with Crippen molar-refractivity contribution in [3.63, 3.8) is 0 Å². The first kappa shape index (κ1) is 21.7. The maximum atomic E-state index is 12.8. The number of alkyl halides is 3. The van der Waals surface area contributed by atoms with Crippen molar-refractivity contribution in [3.05, 3.63) is 65.2 Å². The van der Waals surface area contributed by atoms with E-state index in [1.807, 2.05) is 47.5 Å². The molecule has 1 saturated heterocycles. The molecule has 6 heteroatoms. The van der Waals surface area contributed by atoms with Gasteiger partial charge in [-0.1, -0.05) is 56.3 Å². The van der Waals surface area contributed by atoms with E-state index in [1.54, 1.807) is 6.07 Å². The molecule has 0 aromatic heterocycles. The van der Waals surface area contributed by atoms with E-state index in [4.69, 9.17) is 10.6 Å². The zero-order valence-corrected chi connectivity index (χ0v) is 17.0. The summed E-state index contributed by atoms with van der Waals surface area (Å²) in [7, 11) is 0. The molecule has 2 aromatic rings. The Bertz CT molecular complexity index is 808. The summed E-state index contributed by atoms with van der Waals surface area (Å²) in [6, 6.07) is 15.5. The van der Waals surface area contributed by atoms with E-state index in [-0.39, 0.29) is 11.7 Å². The predicted molar refractivity (Wildman–Crippen MR) is 109 cm³/mol. The van der Waals surface area contributed by atoms with Crippen molar-refractivity contribution in [3.8, 4) is 5.75 Å². The number of ether oxygens (including phenoxy) is 1. The number of rotatable bonds is 6. The molecular formula is C23H29F3N2O. The average molecular weight is 406 g/mol. The molecule has 158 valence electrons. The third-order valence-electron chi connectivity index (χ3n) is 5.73. The minimum absolute atomic E-state index is 0.262. The lowest BCUT2D eigenvalue weighted by Crippen LogP contribution is -2.54. The molecule has 0 radical (unpaired) electrons. The molecule has 3 nitrogen and oxygen atoms in total. The minimum atomic E-state index is -4.38. The number of piperidine rings is 1. The largest absolute Gasteiger partial charge is 0.484 e. The fourth-order valence-corrected chi connectivity index (χ4v) is 4.12. The first-order chi connectivity index (χ1) is 13.7. The number of hydrogen-bond acceptors (Lipinski definition) is 3. The van der Waals surface area contributed by atoms with Crippen molar-refractivity contribution in [2.45, 2.75) is 57.2 Å². The minimum Gasteiger partial charge on any atom is -0.484 e. The van der Waals surface area contributed by atoms with Crippen LogP contribution in [0.2, 0.25) is 0 Å². The van der Waals surface area contributed by atoms with Crippen molar-refractivity contribution in [1.82, 2.24) is 5.01 Å². The Morgan fingerprint density at radius 3 is 2.45 bits per heavy atom. The third-order valence-corrected chi connectivity index (χ3v) is 5.73. The van der Waals surface area contributed by atoms with Crippen LogP contribution in [0, 0.1) is 0 Å². The summed E-state index contributed by atoms with van der Waals surface area (Å²) in [6.07, 6.45) is -1.00. The first-order valence-electron chi connectivity index (χ1n) is 10.1. The number of hydrogen-bond donors (Lipinski definition) is 1. The van der Waals surface area contributed by atoms with Gasteiger partial charge in [-0.3, -0.25) is 5.84 Å². The van der Waals surface area contributed by atoms with Gasteiger partial charge in [-0.2, -0.15) is 13.2 Å². The molecule has 2 N–H and O–H groups in total. The predicted octanol–water partition coefficient (Wildman–Crippen LogP) is 5.55. The van der Waals surface area contributed by atoms with E-state index < -0.39 is 18.3 Å². The van der Waals surface area contributed by atoms with Crippen LogP contribution in [0.1, 0.15) is 55.7 Å². The lowest BCUT2D eigenvalue weighted by molar-refractivity contribution is -0.153. The van der Waals surface area contributed by atoms with Gasteiger partial charge in [0, 0.05) is 6.54 Å². The number of nitrogens with two attached hydrogens (primary N) is 1. The molecule has 2 aromatic carbocycles. The molecule has 0 aliphatic carbocycles. The second-order valence-electron chi connectivity index (χ2n) is 8.15. The normalized spacial score (nSPS) is 20.8. The molecule has 1 unspecified atom stereocenters. The summed E-state index contributed by atoms with van der Waals surface area (Å²) in [5.74, 6) is 7.04. The highest BCUT2D eigenvalue weighted by Gasteiger charge is 2.40. The number of halogens is 3. The van der Waals surface area contributed by atoms with Crippen LogP contribution >= 0.6 is 0 Å². The highest BCUT2D eigenvalue weighted by Crippen LogP contribution is 2.41. The zero-order chi connectivity index (χ0) is 21.1. The van der Waals surface area contributed by atoms with Gasteiger partial charge in [-0.05, 0) is 54.4 Å². The van der Waals surface area contributed by atoms with Crippen LogP contribution in [0.3, 0.4) is 0 Å². The highest BCUT2D eigenvalue weighted by molar-refractivity contribution is 5.41. The second-order valence-corrected chi connectivity index (χ2v) is 8.15. The molecule has 3 rings (SSSR count). The Kier molecular flexibility index (Phi) is 6.54. The average Bonchev–Trinajstić information content (AvgIpc) is 2.68. The summed E-state index contributed by atoms with van der Waals surface area (Å²) in [5.41, 5.74) is 2.45. The van der Waals surface area contributed by atoms with Gasteiger partial charge >= 0.3 is 6.18 Å². The van der Waals surface area contributed by atoms with Gasteiger partial charge in [0.15, 0.2) is 6.61 Å². The van der Waals surface area contributed by atoms with E-state index >= 15 is 0 Å². The van der Waals surface area contributed by atoms with Crippen LogP contribution in [0.25, 0.3) is 0 Å². The van der Waals surface area contributed by atoms with E-state index in [2.05, 4.69) is 13.8 Å². The molecular weight excluding hydrogens is 377 g/mol. The summed E-state index contributed by atoms with van der Waals surface area (Å²) in [4.78, 5) is 0. The quantitative estimate of drug-likeness (QED) is 0.640. The van der Waals surface area contributed by atoms with Gasteiger partial charge < -0.3 is 4.74 Å². The smallest absolute Gasteiger partial charge is 0.422 e. The fourth-order valence-electron chi connectivity index (χ4n) is 4.12. The maximum Gasteiger partial charge on any atom is 0.422 e. The standard InChI is InChI=1S/C23H29F3N2O/c1-17(2)18-10-11-21(29-16-23(24,25)26)19(14-18)15-22(12-6-7-13-28(22)27)20-8-4-3-5-9-20/h3-5,8-11,14,17H,6-7,12-13,15-16,27H2,1-2H3. The Morgan fingerprint density at radius 2 is 1.83 bits per heavy atom. The molecule has 0 spiro atoms. The molecule has 0 amide bonds. The number of benzene rings is 2. The summed E-state index contributed by atoms with van der Waals surface area (Å²) < 4.78 is 43.6.